The Morgan fingerprint density at radius 2 is 1.00 bits per heavy atom. The molecule has 0 bridgehead atoms. The molecule has 0 heterocycles. The molecule has 0 aliphatic heterocycles. The van der Waals surface area contributed by atoms with Crippen LogP contribution in [0.3, 0.4) is 0 Å². The van der Waals surface area contributed by atoms with E-state index >= 15 is 0 Å². The maximum absolute atomic E-state index is 13.1. The summed E-state index contributed by atoms with van der Waals surface area (Å²) >= 11 is 0. The van der Waals surface area contributed by atoms with Crippen LogP contribution in [0.25, 0.3) is 0 Å². The lowest BCUT2D eigenvalue weighted by Gasteiger charge is -2.22. The lowest BCUT2D eigenvalue weighted by Crippen LogP contribution is -2.39. The van der Waals surface area contributed by atoms with Gasteiger partial charge in [0.1, 0.15) is 0 Å². The molecule has 3 fully saturated rings. The normalized spacial score (nSPS) is 33.4. The second-order valence-electron chi connectivity index (χ2n) is 13.1. The van der Waals surface area contributed by atoms with E-state index in [4.69, 9.17) is 4.74 Å². The van der Waals surface area contributed by atoms with Gasteiger partial charge in [0.2, 0.25) is 5.91 Å². The maximum atomic E-state index is 13.1. The summed E-state index contributed by atoms with van der Waals surface area (Å²) in [5.41, 5.74) is 0. The highest BCUT2D eigenvalue weighted by atomic mass is 16.5. The van der Waals surface area contributed by atoms with Crippen molar-refractivity contribution >= 4 is 12.0 Å². The van der Waals surface area contributed by atoms with Crippen molar-refractivity contribution in [1.82, 2.24) is 10.6 Å². The van der Waals surface area contributed by atoms with Crippen LogP contribution in [0.4, 0.5) is 4.79 Å². The summed E-state index contributed by atoms with van der Waals surface area (Å²) in [7, 11) is 0. The largest absolute Gasteiger partial charge is 0.449 e. The maximum Gasteiger partial charge on any atom is 0.407 e. The molecule has 5 heteroatoms. The molecule has 6 atom stereocenters. The third kappa shape index (κ3) is 12.4. The molecule has 3 rings (SSSR count). The third-order valence-corrected chi connectivity index (χ3v) is 9.57. The first-order chi connectivity index (χ1) is 18.0. The fraction of sp³-hybridized carbons (Fsp3) is 0.938. The zero-order valence-corrected chi connectivity index (χ0v) is 24.2. The Morgan fingerprint density at radius 1 is 0.568 bits per heavy atom. The quantitative estimate of drug-likeness (QED) is 0.384. The van der Waals surface area contributed by atoms with Crippen LogP contribution in [0.15, 0.2) is 0 Å². The Bertz CT molecular complexity index is 654. The van der Waals surface area contributed by atoms with Crippen molar-refractivity contribution < 1.29 is 14.3 Å². The van der Waals surface area contributed by atoms with Gasteiger partial charge in [-0.1, -0.05) is 97.3 Å². The average molecular weight is 519 g/mol. The topological polar surface area (TPSA) is 67.4 Å². The number of hydrogen-bond acceptors (Lipinski definition) is 3. The van der Waals surface area contributed by atoms with E-state index in [1.807, 2.05) is 0 Å². The molecule has 3 aliphatic carbocycles. The summed E-state index contributed by atoms with van der Waals surface area (Å²) in [5, 5.41) is 6.63. The highest BCUT2D eigenvalue weighted by molar-refractivity contribution is 5.78. The van der Waals surface area contributed by atoms with E-state index in [9.17, 15) is 9.59 Å². The molecule has 0 spiro atoms. The second kappa shape index (κ2) is 17.4. The van der Waals surface area contributed by atoms with Crippen molar-refractivity contribution in [3.05, 3.63) is 0 Å². The predicted molar refractivity (Wildman–Crippen MR) is 152 cm³/mol. The molecule has 0 aromatic carbocycles. The number of carbonyl (C=O) groups is 2. The van der Waals surface area contributed by atoms with Crippen molar-refractivity contribution in [3.8, 4) is 0 Å². The van der Waals surface area contributed by atoms with Crippen LogP contribution >= 0.6 is 0 Å². The van der Waals surface area contributed by atoms with Gasteiger partial charge in [-0.15, -0.1) is 0 Å². The minimum absolute atomic E-state index is 0.211. The molecule has 3 saturated carbocycles. The molecule has 0 aromatic heterocycles. The van der Waals surface area contributed by atoms with Crippen molar-refractivity contribution in [3.63, 3.8) is 0 Å². The molecule has 6 unspecified atom stereocenters. The summed E-state index contributed by atoms with van der Waals surface area (Å²) in [4.78, 5) is 25.7. The molecular weight excluding hydrogens is 460 g/mol. The number of rotatable bonds is 5. The number of nitrogens with one attached hydrogen (secondary N) is 2. The fourth-order valence-electron chi connectivity index (χ4n) is 6.97. The van der Waals surface area contributed by atoms with Crippen LogP contribution in [-0.4, -0.2) is 30.7 Å². The minimum Gasteiger partial charge on any atom is -0.449 e. The molecule has 0 aromatic rings. The SMILES string of the molecule is CC1CCCCC(NC(=O)OCC2CCCCC(NC(=O)C3CCCCC(C)CCC3)CCC2)CCC1. The van der Waals surface area contributed by atoms with Crippen LogP contribution in [-0.2, 0) is 9.53 Å². The molecule has 0 radical (unpaired) electrons. The summed E-state index contributed by atoms with van der Waals surface area (Å²) in [6, 6.07) is 0.585. The standard InChI is InChI=1S/C32H58N2O3/c1-25-12-3-6-18-28(19-9-14-25)31(35)33-29-20-8-5-16-27(17-11-23-29)24-37-32(36)34-30-21-7-4-13-26(2)15-10-22-30/h25-30H,3-24H2,1-2H3,(H,33,35)(H,34,36). The van der Waals surface area contributed by atoms with Gasteiger partial charge in [0.05, 0.1) is 6.61 Å². The Balaban J connectivity index is 1.35. The summed E-state index contributed by atoms with van der Waals surface area (Å²) in [6.45, 7) is 5.26. The Kier molecular flexibility index (Phi) is 14.2. The Labute approximate surface area is 228 Å². The molecule has 2 amide bonds. The van der Waals surface area contributed by atoms with Crippen molar-refractivity contribution in [2.24, 2.45) is 23.7 Å². The number of hydrogen-bond donors (Lipinski definition) is 2. The van der Waals surface area contributed by atoms with Crippen molar-refractivity contribution in [2.45, 2.75) is 161 Å². The first-order valence-corrected chi connectivity index (χ1v) is 16.2. The Morgan fingerprint density at radius 3 is 1.70 bits per heavy atom. The third-order valence-electron chi connectivity index (χ3n) is 9.57. The van der Waals surface area contributed by atoms with E-state index in [2.05, 4.69) is 24.5 Å². The second-order valence-corrected chi connectivity index (χ2v) is 13.1. The van der Waals surface area contributed by atoms with E-state index in [0.29, 0.717) is 24.5 Å². The smallest absolute Gasteiger partial charge is 0.407 e. The van der Waals surface area contributed by atoms with E-state index in [1.165, 1.54) is 64.2 Å². The monoisotopic (exact) mass is 518 g/mol. The van der Waals surface area contributed by atoms with Crippen molar-refractivity contribution in [2.75, 3.05) is 6.61 Å². The highest BCUT2D eigenvalue weighted by Crippen LogP contribution is 2.27. The molecule has 214 valence electrons. The summed E-state index contributed by atoms with van der Waals surface area (Å²) < 4.78 is 5.74. The average Bonchev–Trinajstić information content (AvgIpc) is 3.11. The number of alkyl carbamates (subject to hydrolysis) is 1. The first kappa shape index (κ1) is 30.3. The zero-order valence-electron chi connectivity index (χ0n) is 24.2. The van der Waals surface area contributed by atoms with Gasteiger partial charge in [0.25, 0.3) is 0 Å². The van der Waals surface area contributed by atoms with Gasteiger partial charge in [0.15, 0.2) is 0 Å². The van der Waals surface area contributed by atoms with Gasteiger partial charge in [-0.3, -0.25) is 4.79 Å². The molecule has 3 aliphatic rings. The van der Waals surface area contributed by atoms with E-state index < -0.39 is 0 Å². The molecular formula is C32H58N2O3. The number of carbonyl (C=O) groups excluding carboxylic acids is 2. The summed E-state index contributed by atoms with van der Waals surface area (Å²) in [5.74, 6) is 2.60. The van der Waals surface area contributed by atoms with Crippen LogP contribution in [0.5, 0.6) is 0 Å². The molecule has 0 saturated heterocycles. The lowest BCUT2D eigenvalue weighted by atomic mass is 9.94. The van der Waals surface area contributed by atoms with E-state index in [-0.39, 0.29) is 18.1 Å². The van der Waals surface area contributed by atoms with Gasteiger partial charge in [-0.05, 0) is 69.1 Å². The van der Waals surface area contributed by atoms with Crippen LogP contribution in [0.1, 0.15) is 149 Å². The molecule has 2 N–H and O–H groups in total. The molecule has 37 heavy (non-hydrogen) atoms. The van der Waals surface area contributed by atoms with E-state index in [1.54, 1.807) is 0 Å². The van der Waals surface area contributed by atoms with E-state index in [0.717, 1.165) is 82.5 Å². The van der Waals surface area contributed by atoms with Gasteiger partial charge < -0.3 is 15.4 Å². The fourth-order valence-corrected chi connectivity index (χ4v) is 6.97. The molecule has 5 nitrogen and oxygen atoms in total. The highest BCUT2D eigenvalue weighted by Gasteiger charge is 2.24. The van der Waals surface area contributed by atoms with Gasteiger partial charge in [0, 0.05) is 18.0 Å². The van der Waals surface area contributed by atoms with Crippen LogP contribution < -0.4 is 10.6 Å². The van der Waals surface area contributed by atoms with Crippen LogP contribution in [0.2, 0.25) is 0 Å². The van der Waals surface area contributed by atoms with Gasteiger partial charge >= 0.3 is 6.09 Å². The van der Waals surface area contributed by atoms with Gasteiger partial charge in [-0.2, -0.15) is 0 Å². The first-order valence-electron chi connectivity index (χ1n) is 16.2. The zero-order chi connectivity index (χ0) is 26.3. The summed E-state index contributed by atoms with van der Waals surface area (Å²) in [6.07, 6.45) is 24.4. The lowest BCUT2D eigenvalue weighted by molar-refractivity contribution is -0.126. The number of amides is 2. The Hall–Kier alpha value is -1.26. The van der Waals surface area contributed by atoms with Crippen LogP contribution in [0, 0.1) is 23.7 Å². The predicted octanol–water partition coefficient (Wildman–Crippen LogP) is 8.30. The minimum atomic E-state index is -0.216. The van der Waals surface area contributed by atoms with Crippen molar-refractivity contribution in [1.29, 1.82) is 0 Å². The number of ether oxygens (including phenoxy) is 1. The van der Waals surface area contributed by atoms with Gasteiger partial charge in [-0.25, -0.2) is 4.79 Å².